The number of aliphatic carboxylic acids is 1. The number of ether oxygens (including phenoxy) is 1. The number of carbonyl (C=O) groups excluding carboxylic acids is 1. The number of rotatable bonds is 11. The number of sulfonamides is 1. The first-order chi connectivity index (χ1) is 16.8. The molecule has 0 unspecified atom stereocenters. The molecule has 1 aliphatic rings. The van der Waals surface area contributed by atoms with Gasteiger partial charge in [-0.2, -0.15) is 17.5 Å². The molecule has 1 saturated heterocycles. The molecular formula is C23H36F3N3O6S. The van der Waals surface area contributed by atoms with E-state index in [1.807, 2.05) is 32.9 Å². The Kier molecular flexibility index (Phi) is 13.4. The van der Waals surface area contributed by atoms with Gasteiger partial charge in [0, 0.05) is 52.3 Å². The second-order valence-corrected chi connectivity index (χ2v) is 10.3. The zero-order valence-corrected chi connectivity index (χ0v) is 21.7. The third kappa shape index (κ3) is 11.2. The maximum atomic E-state index is 13.2. The van der Waals surface area contributed by atoms with Crippen molar-refractivity contribution in [2.45, 2.75) is 57.2 Å². The molecule has 9 nitrogen and oxygen atoms in total. The molecular weight excluding hydrogens is 503 g/mol. The number of carbonyl (C=O) groups is 2. The molecule has 1 aromatic carbocycles. The van der Waals surface area contributed by atoms with Gasteiger partial charge in [-0.05, 0) is 44.4 Å². The maximum Gasteiger partial charge on any atom is 0.490 e. The molecule has 0 atom stereocenters. The highest BCUT2D eigenvalue weighted by Crippen LogP contribution is 2.18. The molecule has 0 bridgehead atoms. The van der Waals surface area contributed by atoms with Gasteiger partial charge in [-0.1, -0.05) is 19.1 Å². The lowest BCUT2D eigenvalue weighted by Gasteiger charge is -2.29. The van der Waals surface area contributed by atoms with Crippen LogP contribution in [-0.2, 0) is 30.8 Å². The van der Waals surface area contributed by atoms with Gasteiger partial charge >= 0.3 is 12.1 Å². The van der Waals surface area contributed by atoms with Crippen LogP contribution in [0.4, 0.5) is 13.2 Å². The highest BCUT2D eigenvalue weighted by atomic mass is 32.2. The van der Waals surface area contributed by atoms with E-state index < -0.39 is 22.2 Å². The van der Waals surface area contributed by atoms with Gasteiger partial charge in [0.2, 0.25) is 15.9 Å². The Morgan fingerprint density at radius 3 is 2.17 bits per heavy atom. The summed E-state index contributed by atoms with van der Waals surface area (Å²) >= 11 is 0. The molecule has 1 amide bonds. The van der Waals surface area contributed by atoms with Gasteiger partial charge in [-0.3, -0.25) is 4.79 Å². The maximum absolute atomic E-state index is 13.2. The molecule has 2 N–H and O–H groups in total. The van der Waals surface area contributed by atoms with Crippen molar-refractivity contribution in [1.82, 2.24) is 14.5 Å². The zero-order chi connectivity index (χ0) is 27.4. The van der Waals surface area contributed by atoms with Crippen molar-refractivity contribution in [3.63, 3.8) is 0 Å². The predicted molar refractivity (Wildman–Crippen MR) is 128 cm³/mol. The van der Waals surface area contributed by atoms with Crippen molar-refractivity contribution in [1.29, 1.82) is 0 Å². The van der Waals surface area contributed by atoms with Crippen LogP contribution in [0.5, 0.6) is 0 Å². The highest BCUT2D eigenvalue weighted by molar-refractivity contribution is 7.89. The fraction of sp³-hybridized carbons (Fsp3) is 0.652. The number of hydrogen-bond donors (Lipinski definition) is 2. The first kappa shape index (κ1) is 31.8. The SMILES string of the molecule is CCc1ccc(S(=O)(=O)N(CCCOC(C)C)CCC(=O)N2CCNCC2)cc1.O=C(O)C(F)(F)F. The summed E-state index contributed by atoms with van der Waals surface area (Å²) in [5.41, 5.74) is 1.09. The van der Waals surface area contributed by atoms with Crippen molar-refractivity contribution in [3.8, 4) is 0 Å². The minimum Gasteiger partial charge on any atom is -0.475 e. The normalized spacial score (nSPS) is 14.5. The van der Waals surface area contributed by atoms with Crippen molar-refractivity contribution in [2.24, 2.45) is 0 Å². The Hall–Kier alpha value is -2.22. The Labute approximate surface area is 210 Å². The van der Waals surface area contributed by atoms with Crippen LogP contribution in [0.3, 0.4) is 0 Å². The zero-order valence-electron chi connectivity index (χ0n) is 20.9. The Bertz CT molecular complexity index is 918. The van der Waals surface area contributed by atoms with Crippen LogP contribution in [0.1, 0.15) is 39.2 Å². The fourth-order valence-electron chi connectivity index (χ4n) is 3.25. The number of aryl methyl sites for hydroxylation is 1. The lowest BCUT2D eigenvalue weighted by atomic mass is 10.2. The van der Waals surface area contributed by atoms with Crippen LogP contribution in [0.2, 0.25) is 0 Å². The second kappa shape index (κ2) is 15.1. The van der Waals surface area contributed by atoms with E-state index in [1.54, 1.807) is 17.0 Å². The van der Waals surface area contributed by atoms with Crippen LogP contribution in [0.25, 0.3) is 0 Å². The van der Waals surface area contributed by atoms with Crippen LogP contribution < -0.4 is 5.32 Å². The quantitative estimate of drug-likeness (QED) is 0.415. The van der Waals surface area contributed by atoms with Gasteiger partial charge in [-0.15, -0.1) is 0 Å². The lowest BCUT2D eigenvalue weighted by Crippen LogP contribution is -2.47. The number of amides is 1. The molecule has 2 rings (SSSR count). The summed E-state index contributed by atoms with van der Waals surface area (Å²) in [7, 11) is -3.66. The number of carboxylic acids is 1. The number of piperazine rings is 1. The van der Waals surface area contributed by atoms with E-state index in [0.29, 0.717) is 32.7 Å². The molecule has 36 heavy (non-hydrogen) atoms. The van der Waals surface area contributed by atoms with Gasteiger partial charge in [0.05, 0.1) is 11.0 Å². The molecule has 0 spiro atoms. The number of hydrogen-bond acceptors (Lipinski definition) is 6. The first-order valence-electron chi connectivity index (χ1n) is 11.8. The van der Waals surface area contributed by atoms with Crippen LogP contribution in [0.15, 0.2) is 29.2 Å². The minimum absolute atomic E-state index is 0.00598. The Balaban J connectivity index is 0.000000809. The second-order valence-electron chi connectivity index (χ2n) is 8.36. The summed E-state index contributed by atoms with van der Waals surface area (Å²) in [5, 5.41) is 10.3. The monoisotopic (exact) mass is 539 g/mol. The smallest absolute Gasteiger partial charge is 0.475 e. The Morgan fingerprint density at radius 1 is 1.14 bits per heavy atom. The summed E-state index contributed by atoms with van der Waals surface area (Å²) in [5.74, 6) is -2.75. The van der Waals surface area contributed by atoms with Crippen LogP contribution >= 0.6 is 0 Å². The first-order valence-corrected chi connectivity index (χ1v) is 13.2. The molecule has 1 heterocycles. The van der Waals surface area contributed by atoms with Crippen molar-refractivity contribution in [2.75, 3.05) is 45.9 Å². The van der Waals surface area contributed by atoms with E-state index in [0.717, 1.165) is 25.1 Å². The number of alkyl halides is 3. The topological polar surface area (TPSA) is 116 Å². The highest BCUT2D eigenvalue weighted by Gasteiger charge is 2.38. The van der Waals surface area contributed by atoms with Gasteiger partial charge in [0.1, 0.15) is 0 Å². The van der Waals surface area contributed by atoms with Gasteiger partial charge in [-0.25, -0.2) is 13.2 Å². The van der Waals surface area contributed by atoms with E-state index in [4.69, 9.17) is 14.6 Å². The number of halogens is 3. The number of nitrogens with zero attached hydrogens (tertiary/aromatic N) is 2. The molecule has 1 aromatic rings. The summed E-state index contributed by atoms with van der Waals surface area (Å²) in [6, 6.07) is 7.01. The van der Waals surface area contributed by atoms with E-state index in [9.17, 15) is 26.4 Å². The molecule has 13 heteroatoms. The summed E-state index contributed by atoms with van der Waals surface area (Å²) in [6.45, 7) is 9.86. The largest absolute Gasteiger partial charge is 0.490 e. The molecule has 0 aromatic heterocycles. The van der Waals surface area contributed by atoms with E-state index >= 15 is 0 Å². The molecule has 1 aliphatic heterocycles. The number of benzene rings is 1. The van der Waals surface area contributed by atoms with E-state index in [-0.39, 0.29) is 29.9 Å². The average Bonchev–Trinajstić information content (AvgIpc) is 2.83. The Morgan fingerprint density at radius 2 is 1.69 bits per heavy atom. The predicted octanol–water partition coefficient (Wildman–Crippen LogP) is 2.51. The van der Waals surface area contributed by atoms with Gasteiger partial charge in [0.15, 0.2) is 0 Å². The third-order valence-corrected chi connectivity index (χ3v) is 7.17. The molecule has 0 saturated carbocycles. The van der Waals surface area contributed by atoms with Crippen molar-refractivity contribution < 1.29 is 41.0 Å². The average molecular weight is 540 g/mol. The summed E-state index contributed by atoms with van der Waals surface area (Å²) in [4.78, 5) is 23.5. The van der Waals surface area contributed by atoms with E-state index in [2.05, 4.69) is 5.32 Å². The van der Waals surface area contributed by atoms with Crippen molar-refractivity contribution >= 4 is 21.9 Å². The number of nitrogens with one attached hydrogen (secondary N) is 1. The lowest BCUT2D eigenvalue weighted by molar-refractivity contribution is -0.192. The molecule has 206 valence electrons. The third-order valence-electron chi connectivity index (χ3n) is 5.26. The summed E-state index contributed by atoms with van der Waals surface area (Å²) in [6.07, 6.45) is -3.34. The van der Waals surface area contributed by atoms with E-state index in [1.165, 1.54) is 4.31 Å². The fourth-order valence-corrected chi connectivity index (χ4v) is 4.73. The van der Waals surface area contributed by atoms with Gasteiger partial charge < -0.3 is 20.1 Å². The number of carboxylic acid groups (broad SMARTS) is 1. The van der Waals surface area contributed by atoms with Crippen LogP contribution in [-0.4, -0.2) is 92.8 Å². The molecule has 1 fully saturated rings. The van der Waals surface area contributed by atoms with Gasteiger partial charge in [0.25, 0.3) is 0 Å². The molecule has 0 aliphatic carbocycles. The van der Waals surface area contributed by atoms with Crippen LogP contribution in [0, 0.1) is 0 Å². The van der Waals surface area contributed by atoms with Crippen molar-refractivity contribution in [3.05, 3.63) is 29.8 Å². The standard InChI is InChI=1S/C21H35N3O4S.C2HF3O2/c1-4-19-6-8-20(9-7-19)29(26,27)24(13-5-17-28-18(2)3)14-10-21(25)23-15-11-22-12-16-23;3-2(4,5)1(6)7/h6-9,18,22H,4-5,10-17H2,1-3H3;(H,6,7). The minimum atomic E-state index is -5.08. The molecule has 0 radical (unpaired) electrons. The summed E-state index contributed by atoms with van der Waals surface area (Å²) < 4.78 is 65.1.